The van der Waals surface area contributed by atoms with Crippen LogP contribution >= 0.6 is 0 Å². The molecule has 45 heavy (non-hydrogen) atoms. The molecule has 1 aromatic carbocycles. The van der Waals surface area contributed by atoms with Gasteiger partial charge in [-0.1, -0.05) is 30.6 Å². The van der Waals surface area contributed by atoms with Gasteiger partial charge in [0.15, 0.2) is 5.69 Å². The number of rotatable bonds is 11. The van der Waals surface area contributed by atoms with Crippen LogP contribution < -0.4 is 5.56 Å². The SMILES string of the molecule is CN(C)CCCO/N=C(\CCC(=O)O)c1nc2ccccc2n(C2CC3CCCC(C2)N3C2CC3CC4CC(C2)C4(C)C3)c1=O. The van der Waals surface area contributed by atoms with E-state index in [4.69, 9.17) is 9.82 Å². The predicted molar refractivity (Wildman–Crippen MR) is 176 cm³/mol. The van der Waals surface area contributed by atoms with Gasteiger partial charge >= 0.3 is 5.97 Å². The van der Waals surface area contributed by atoms with Crippen molar-refractivity contribution in [1.82, 2.24) is 19.4 Å². The standard InChI is InChI=1S/C36H51N5O4/c1-36-22-23-16-24(36)18-25(36)19-28(17-23)40-26-8-6-9-27(40)21-29(20-26)41-32-11-5-4-10-30(32)37-34(35(41)44)31(12-13-33(42)43)38-45-15-7-14-39(2)3/h4-5,10-11,23-29H,6-9,12-22H2,1-3H3,(H,42,43)/b38-31+. The first-order valence-corrected chi connectivity index (χ1v) is 17.6. The lowest BCUT2D eigenvalue weighted by atomic mass is 9.54. The maximum absolute atomic E-state index is 14.5. The topological polar surface area (TPSA) is 100 Å². The molecule has 9 heteroatoms. The summed E-state index contributed by atoms with van der Waals surface area (Å²) in [7, 11) is 4.01. The molecule has 244 valence electrons. The molecule has 3 saturated carbocycles. The van der Waals surface area contributed by atoms with Crippen molar-refractivity contribution < 1.29 is 14.7 Å². The highest BCUT2D eigenvalue weighted by atomic mass is 16.6. The molecular weight excluding hydrogens is 566 g/mol. The average Bonchev–Trinajstić information content (AvgIpc) is 3.17. The number of hydrogen-bond acceptors (Lipinski definition) is 7. The lowest BCUT2D eigenvalue weighted by Crippen LogP contribution is -2.58. The Labute approximate surface area is 267 Å². The first-order chi connectivity index (χ1) is 21.7. The highest BCUT2D eigenvalue weighted by molar-refractivity contribution is 6.00. The van der Waals surface area contributed by atoms with Crippen molar-refractivity contribution in [1.29, 1.82) is 0 Å². The van der Waals surface area contributed by atoms with Gasteiger partial charge in [0.1, 0.15) is 12.3 Å². The van der Waals surface area contributed by atoms with Crippen molar-refractivity contribution in [2.45, 2.75) is 115 Å². The first-order valence-electron chi connectivity index (χ1n) is 17.6. The average molecular weight is 618 g/mol. The Morgan fingerprint density at radius 3 is 2.53 bits per heavy atom. The van der Waals surface area contributed by atoms with Gasteiger partial charge in [0.2, 0.25) is 0 Å². The number of carboxylic acid groups (broad SMARTS) is 1. The minimum atomic E-state index is -0.935. The summed E-state index contributed by atoms with van der Waals surface area (Å²) in [6.07, 6.45) is 13.4. The summed E-state index contributed by atoms with van der Waals surface area (Å²) < 4.78 is 2.00. The summed E-state index contributed by atoms with van der Waals surface area (Å²) in [6, 6.07) is 9.64. The Morgan fingerprint density at radius 2 is 1.78 bits per heavy atom. The minimum Gasteiger partial charge on any atom is -0.481 e. The molecule has 0 radical (unpaired) electrons. The van der Waals surface area contributed by atoms with Crippen LogP contribution in [-0.4, -0.2) is 81.5 Å². The summed E-state index contributed by atoms with van der Waals surface area (Å²) in [5.74, 6) is 1.82. The number of hydrogen-bond donors (Lipinski definition) is 1. The van der Waals surface area contributed by atoms with E-state index < -0.39 is 5.97 Å². The normalized spacial score (nSPS) is 34.5. The van der Waals surface area contributed by atoms with Crippen LogP contribution in [0.15, 0.2) is 34.2 Å². The molecular formula is C36H51N5O4. The maximum Gasteiger partial charge on any atom is 0.303 e. The molecule has 4 bridgehead atoms. The number of aromatic nitrogens is 2. The number of carboxylic acids is 1. The summed E-state index contributed by atoms with van der Waals surface area (Å²) in [5, 5.41) is 13.8. The Morgan fingerprint density at radius 1 is 1.02 bits per heavy atom. The fraction of sp³-hybridized carbons (Fsp3) is 0.722. The summed E-state index contributed by atoms with van der Waals surface area (Å²) in [6.45, 7) is 3.83. The van der Waals surface area contributed by atoms with Gasteiger partial charge in [0, 0.05) is 37.1 Å². The quantitative estimate of drug-likeness (QED) is 0.196. The largest absolute Gasteiger partial charge is 0.481 e. The Bertz CT molecular complexity index is 1490. The van der Waals surface area contributed by atoms with E-state index in [0.29, 0.717) is 35.9 Å². The van der Waals surface area contributed by atoms with E-state index in [1.165, 1.54) is 51.4 Å². The van der Waals surface area contributed by atoms with E-state index >= 15 is 0 Å². The molecule has 7 rings (SSSR count). The molecule has 7 atom stereocenters. The smallest absolute Gasteiger partial charge is 0.303 e. The predicted octanol–water partition coefficient (Wildman–Crippen LogP) is 5.71. The summed E-state index contributed by atoms with van der Waals surface area (Å²) in [5.41, 5.74) is 2.57. The van der Waals surface area contributed by atoms with Gasteiger partial charge in [0.05, 0.1) is 17.5 Å². The van der Waals surface area contributed by atoms with Gasteiger partial charge in [-0.15, -0.1) is 0 Å². The van der Waals surface area contributed by atoms with E-state index in [1.54, 1.807) is 0 Å². The molecule has 0 spiro atoms. The maximum atomic E-state index is 14.5. The second-order valence-electron chi connectivity index (χ2n) is 15.4. The number of carbonyl (C=O) groups is 1. The number of piperidine rings is 2. The lowest BCUT2D eigenvalue weighted by Gasteiger charge is -2.56. The zero-order valence-electron chi connectivity index (χ0n) is 27.4. The number of benzene rings is 1. The van der Waals surface area contributed by atoms with Crippen molar-refractivity contribution in [3.63, 3.8) is 0 Å². The molecule has 5 fully saturated rings. The fourth-order valence-electron chi connectivity index (χ4n) is 10.4. The molecule has 2 saturated heterocycles. The van der Waals surface area contributed by atoms with Crippen LogP contribution in [0.3, 0.4) is 0 Å². The Balaban J connectivity index is 1.19. The molecule has 3 heterocycles. The monoisotopic (exact) mass is 617 g/mol. The van der Waals surface area contributed by atoms with Gasteiger partial charge in [-0.3, -0.25) is 14.5 Å². The van der Waals surface area contributed by atoms with Crippen LogP contribution in [0, 0.1) is 23.2 Å². The zero-order chi connectivity index (χ0) is 31.3. The molecule has 9 nitrogen and oxygen atoms in total. The van der Waals surface area contributed by atoms with Gasteiger partial charge in [0.25, 0.3) is 5.56 Å². The van der Waals surface area contributed by atoms with Crippen molar-refractivity contribution in [2.75, 3.05) is 27.2 Å². The third-order valence-electron chi connectivity index (χ3n) is 12.4. The van der Waals surface area contributed by atoms with E-state index in [1.807, 2.05) is 42.9 Å². The third kappa shape index (κ3) is 5.84. The minimum absolute atomic E-state index is 0.0743. The van der Waals surface area contributed by atoms with Crippen LogP contribution in [0.1, 0.15) is 102 Å². The molecule has 7 unspecified atom stereocenters. The summed E-state index contributed by atoms with van der Waals surface area (Å²) >= 11 is 0. The second-order valence-corrected chi connectivity index (χ2v) is 15.4. The molecule has 1 aromatic heterocycles. The molecule has 2 aromatic rings. The van der Waals surface area contributed by atoms with E-state index in [-0.39, 0.29) is 30.1 Å². The number of para-hydroxylation sites is 2. The molecule has 0 amide bonds. The van der Waals surface area contributed by atoms with Crippen LogP contribution in [0.2, 0.25) is 0 Å². The number of nitrogens with zero attached hydrogens (tertiary/aromatic N) is 5. The molecule has 1 N–H and O–H groups in total. The number of fused-ring (bicyclic) bond motifs is 4. The van der Waals surface area contributed by atoms with Crippen molar-refractivity contribution in [3.05, 3.63) is 40.3 Å². The molecule has 3 aliphatic carbocycles. The van der Waals surface area contributed by atoms with Crippen LogP contribution in [0.4, 0.5) is 0 Å². The molecule has 2 aliphatic heterocycles. The van der Waals surface area contributed by atoms with E-state index in [0.717, 1.165) is 54.6 Å². The highest BCUT2D eigenvalue weighted by Crippen LogP contribution is 2.67. The van der Waals surface area contributed by atoms with Gasteiger partial charge in [-0.05, 0) is 114 Å². The highest BCUT2D eigenvalue weighted by Gasteiger charge is 2.60. The number of aliphatic carboxylic acids is 1. The zero-order valence-corrected chi connectivity index (χ0v) is 27.4. The van der Waals surface area contributed by atoms with Crippen molar-refractivity contribution >= 4 is 22.7 Å². The second kappa shape index (κ2) is 12.4. The van der Waals surface area contributed by atoms with Gasteiger partial charge < -0.3 is 19.4 Å². The Kier molecular flexibility index (Phi) is 8.53. The van der Waals surface area contributed by atoms with Crippen LogP contribution in [0.5, 0.6) is 0 Å². The van der Waals surface area contributed by atoms with E-state index in [9.17, 15) is 14.7 Å². The fourth-order valence-corrected chi connectivity index (χ4v) is 10.4. The van der Waals surface area contributed by atoms with Crippen LogP contribution in [-0.2, 0) is 9.63 Å². The lowest BCUT2D eigenvalue weighted by molar-refractivity contribution is -0.136. The third-order valence-corrected chi connectivity index (χ3v) is 12.4. The van der Waals surface area contributed by atoms with Crippen molar-refractivity contribution in [3.8, 4) is 0 Å². The summed E-state index contributed by atoms with van der Waals surface area (Å²) in [4.78, 5) is 41.5. The van der Waals surface area contributed by atoms with Gasteiger partial charge in [-0.2, -0.15) is 0 Å². The van der Waals surface area contributed by atoms with Crippen LogP contribution in [0.25, 0.3) is 11.0 Å². The Hall–Kier alpha value is -2.78. The first kappa shape index (κ1) is 30.9. The molecule has 5 aliphatic rings. The van der Waals surface area contributed by atoms with E-state index in [2.05, 4.69) is 21.9 Å². The van der Waals surface area contributed by atoms with Gasteiger partial charge in [-0.25, -0.2) is 4.98 Å². The van der Waals surface area contributed by atoms with Crippen molar-refractivity contribution in [2.24, 2.45) is 28.3 Å². The number of oxime groups is 1.